The lowest BCUT2D eigenvalue weighted by atomic mass is 10.0. The molecular weight excluding hydrogens is 212 g/mol. The lowest BCUT2D eigenvalue weighted by Gasteiger charge is -2.23. The summed E-state index contributed by atoms with van der Waals surface area (Å²) in [4.78, 5) is 0. The fraction of sp³-hybridized carbons (Fsp3) is 0.500. The third-order valence-electron chi connectivity index (χ3n) is 3.44. The van der Waals surface area contributed by atoms with Crippen LogP contribution in [-0.2, 0) is 0 Å². The molecule has 0 aromatic heterocycles. The van der Waals surface area contributed by atoms with Crippen LogP contribution in [0.4, 0.5) is 5.69 Å². The number of nitrogens with zero attached hydrogens (tertiary/aromatic N) is 1. The van der Waals surface area contributed by atoms with Crippen LogP contribution in [0.1, 0.15) is 36.8 Å². The second-order valence-electron chi connectivity index (χ2n) is 4.95. The predicted octanol–water partition coefficient (Wildman–Crippen LogP) is 2.58. The van der Waals surface area contributed by atoms with Crippen LogP contribution in [0.2, 0.25) is 0 Å². The first-order chi connectivity index (χ1) is 8.13. The van der Waals surface area contributed by atoms with Crippen LogP contribution in [0.3, 0.4) is 0 Å². The number of rotatable bonds is 3. The third-order valence-corrected chi connectivity index (χ3v) is 3.44. The van der Waals surface area contributed by atoms with Crippen LogP contribution in [-0.4, -0.2) is 17.3 Å². The van der Waals surface area contributed by atoms with E-state index in [0.29, 0.717) is 12.1 Å². The van der Waals surface area contributed by atoms with Crippen molar-refractivity contribution in [3.63, 3.8) is 0 Å². The van der Waals surface area contributed by atoms with Crippen molar-refractivity contribution in [1.29, 1.82) is 5.26 Å². The van der Waals surface area contributed by atoms with Gasteiger partial charge in [0.05, 0.1) is 16.9 Å². The summed E-state index contributed by atoms with van der Waals surface area (Å²) < 4.78 is 0. The summed E-state index contributed by atoms with van der Waals surface area (Å²) in [6, 6.07) is 7.93. The van der Waals surface area contributed by atoms with E-state index in [1.807, 2.05) is 25.1 Å². The molecule has 0 bridgehead atoms. The van der Waals surface area contributed by atoms with E-state index in [9.17, 15) is 5.11 Å². The smallest absolute Gasteiger partial charge is 0.101 e. The number of hydrogen-bond acceptors (Lipinski definition) is 3. The molecule has 0 atom stereocenters. The number of nitriles is 1. The molecule has 1 fully saturated rings. The van der Waals surface area contributed by atoms with Crippen molar-refractivity contribution in [3.05, 3.63) is 29.3 Å². The molecule has 0 aliphatic heterocycles. The van der Waals surface area contributed by atoms with Gasteiger partial charge in [0.15, 0.2) is 0 Å². The molecule has 0 heterocycles. The summed E-state index contributed by atoms with van der Waals surface area (Å²) in [5.74, 6) is 0. The Morgan fingerprint density at radius 2 is 2.12 bits per heavy atom. The number of benzene rings is 1. The van der Waals surface area contributed by atoms with Gasteiger partial charge in [-0.05, 0) is 37.5 Å². The molecule has 1 aromatic rings. The van der Waals surface area contributed by atoms with Gasteiger partial charge in [-0.1, -0.05) is 18.9 Å². The summed E-state index contributed by atoms with van der Waals surface area (Å²) in [5, 5.41) is 22.5. The standard InChI is InChI=1S/C14H18N2O/c1-11-4-5-13(12(8-11)9-15)16-10-14(17)6-2-3-7-14/h4-5,8,16-17H,2-3,6-7,10H2,1H3. The van der Waals surface area contributed by atoms with Crippen LogP contribution in [0, 0.1) is 18.3 Å². The number of nitrogens with one attached hydrogen (secondary N) is 1. The van der Waals surface area contributed by atoms with Gasteiger partial charge in [-0.15, -0.1) is 0 Å². The van der Waals surface area contributed by atoms with Crippen molar-refractivity contribution in [1.82, 2.24) is 0 Å². The zero-order valence-corrected chi connectivity index (χ0v) is 10.2. The van der Waals surface area contributed by atoms with Gasteiger partial charge in [-0.25, -0.2) is 0 Å². The predicted molar refractivity (Wildman–Crippen MR) is 67.8 cm³/mol. The highest BCUT2D eigenvalue weighted by atomic mass is 16.3. The summed E-state index contributed by atoms with van der Waals surface area (Å²) in [5.41, 5.74) is 1.95. The van der Waals surface area contributed by atoms with E-state index < -0.39 is 5.60 Å². The Bertz CT molecular complexity index is 442. The van der Waals surface area contributed by atoms with E-state index in [-0.39, 0.29) is 0 Å². The first-order valence-corrected chi connectivity index (χ1v) is 6.10. The number of hydrogen-bond donors (Lipinski definition) is 2. The second kappa shape index (κ2) is 4.77. The first kappa shape index (κ1) is 11.9. The first-order valence-electron chi connectivity index (χ1n) is 6.10. The molecule has 3 nitrogen and oxygen atoms in total. The van der Waals surface area contributed by atoms with Crippen molar-refractivity contribution in [2.75, 3.05) is 11.9 Å². The summed E-state index contributed by atoms with van der Waals surface area (Å²) in [6.45, 7) is 2.50. The van der Waals surface area contributed by atoms with Gasteiger partial charge in [-0.3, -0.25) is 0 Å². The van der Waals surface area contributed by atoms with E-state index in [4.69, 9.17) is 5.26 Å². The SMILES string of the molecule is Cc1ccc(NCC2(O)CCCC2)c(C#N)c1. The largest absolute Gasteiger partial charge is 0.388 e. The summed E-state index contributed by atoms with van der Waals surface area (Å²) in [6.07, 6.45) is 3.90. The Morgan fingerprint density at radius 3 is 2.76 bits per heavy atom. The van der Waals surface area contributed by atoms with Crippen molar-refractivity contribution < 1.29 is 5.11 Å². The van der Waals surface area contributed by atoms with E-state index in [0.717, 1.165) is 36.9 Å². The Balaban J connectivity index is 2.06. The van der Waals surface area contributed by atoms with Gasteiger partial charge in [0, 0.05) is 6.54 Å². The molecule has 1 aliphatic rings. The third kappa shape index (κ3) is 2.78. The molecule has 0 amide bonds. The number of anilines is 1. The van der Waals surface area contributed by atoms with Gasteiger partial charge in [0.25, 0.3) is 0 Å². The minimum atomic E-state index is -0.586. The van der Waals surface area contributed by atoms with E-state index in [2.05, 4.69) is 11.4 Å². The zero-order chi connectivity index (χ0) is 12.3. The maximum Gasteiger partial charge on any atom is 0.101 e. The maximum absolute atomic E-state index is 10.2. The summed E-state index contributed by atoms with van der Waals surface area (Å²) >= 11 is 0. The van der Waals surface area contributed by atoms with Gasteiger partial charge in [0.1, 0.15) is 6.07 Å². The molecule has 2 rings (SSSR count). The Labute approximate surface area is 102 Å². The molecule has 1 aliphatic carbocycles. The number of aliphatic hydroxyl groups is 1. The molecule has 0 unspecified atom stereocenters. The number of aryl methyl sites for hydroxylation is 1. The van der Waals surface area contributed by atoms with Crippen molar-refractivity contribution in [2.45, 2.75) is 38.2 Å². The fourth-order valence-corrected chi connectivity index (χ4v) is 2.37. The monoisotopic (exact) mass is 230 g/mol. The molecule has 1 saturated carbocycles. The molecule has 17 heavy (non-hydrogen) atoms. The summed E-state index contributed by atoms with van der Waals surface area (Å²) in [7, 11) is 0. The average Bonchev–Trinajstić information content (AvgIpc) is 2.75. The Morgan fingerprint density at radius 1 is 1.41 bits per heavy atom. The van der Waals surface area contributed by atoms with E-state index >= 15 is 0 Å². The Hall–Kier alpha value is -1.53. The second-order valence-corrected chi connectivity index (χ2v) is 4.95. The van der Waals surface area contributed by atoms with Crippen LogP contribution in [0.25, 0.3) is 0 Å². The molecular formula is C14H18N2O. The van der Waals surface area contributed by atoms with Crippen molar-refractivity contribution in [3.8, 4) is 6.07 Å². The quantitative estimate of drug-likeness (QED) is 0.839. The van der Waals surface area contributed by atoms with Crippen molar-refractivity contribution in [2.24, 2.45) is 0 Å². The van der Waals surface area contributed by atoms with Crippen LogP contribution in [0.15, 0.2) is 18.2 Å². The van der Waals surface area contributed by atoms with Crippen LogP contribution < -0.4 is 5.32 Å². The maximum atomic E-state index is 10.2. The van der Waals surface area contributed by atoms with Gasteiger partial charge in [0.2, 0.25) is 0 Å². The van der Waals surface area contributed by atoms with Gasteiger partial charge < -0.3 is 10.4 Å². The average molecular weight is 230 g/mol. The molecule has 3 heteroatoms. The highest BCUT2D eigenvalue weighted by molar-refractivity contribution is 5.58. The molecule has 1 aromatic carbocycles. The highest BCUT2D eigenvalue weighted by Crippen LogP contribution is 2.30. The lowest BCUT2D eigenvalue weighted by molar-refractivity contribution is 0.0615. The zero-order valence-electron chi connectivity index (χ0n) is 10.2. The van der Waals surface area contributed by atoms with Crippen LogP contribution >= 0.6 is 0 Å². The lowest BCUT2D eigenvalue weighted by Crippen LogP contribution is -2.33. The highest BCUT2D eigenvalue weighted by Gasteiger charge is 2.30. The Kier molecular flexibility index (Phi) is 3.35. The van der Waals surface area contributed by atoms with Crippen molar-refractivity contribution >= 4 is 5.69 Å². The molecule has 2 N–H and O–H groups in total. The van der Waals surface area contributed by atoms with Gasteiger partial charge in [-0.2, -0.15) is 5.26 Å². The molecule has 0 radical (unpaired) electrons. The molecule has 90 valence electrons. The topological polar surface area (TPSA) is 56.0 Å². The molecule has 0 spiro atoms. The minimum Gasteiger partial charge on any atom is -0.388 e. The van der Waals surface area contributed by atoms with E-state index in [1.54, 1.807) is 0 Å². The van der Waals surface area contributed by atoms with Crippen LogP contribution in [0.5, 0.6) is 0 Å². The van der Waals surface area contributed by atoms with Gasteiger partial charge >= 0.3 is 0 Å². The minimum absolute atomic E-state index is 0.532. The van der Waals surface area contributed by atoms with E-state index in [1.165, 1.54) is 0 Å². The fourth-order valence-electron chi connectivity index (χ4n) is 2.37. The normalized spacial score (nSPS) is 17.7. The molecule has 0 saturated heterocycles.